The van der Waals surface area contributed by atoms with Crippen molar-refractivity contribution in [1.82, 2.24) is 10.2 Å². The quantitative estimate of drug-likeness (QED) is 0.301. The Kier molecular flexibility index (Phi) is 7.51. The average molecular weight is 452 g/mol. The fourth-order valence-electron chi connectivity index (χ4n) is 4.55. The molecule has 0 aromatic heterocycles. The second kappa shape index (κ2) is 10.9. The lowest BCUT2D eigenvalue weighted by molar-refractivity contribution is -0.116. The highest BCUT2D eigenvalue weighted by atomic mass is 16.1. The lowest BCUT2D eigenvalue weighted by atomic mass is 9.96. The topological polar surface area (TPSA) is 73.2 Å². The molecule has 0 spiro atoms. The van der Waals surface area contributed by atoms with Gasteiger partial charge in [0.1, 0.15) is 0 Å². The molecule has 3 aromatic rings. The highest BCUT2D eigenvalue weighted by molar-refractivity contribution is 6.06. The van der Waals surface area contributed by atoms with Crippen LogP contribution in [0.2, 0.25) is 0 Å². The number of carbonyl (C=O) groups is 2. The normalized spacial score (nSPS) is 13.5. The van der Waals surface area contributed by atoms with Gasteiger partial charge in [0.25, 0.3) is 0 Å². The number of fused-ring (bicyclic) bond motifs is 2. The summed E-state index contributed by atoms with van der Waals surface area (Å²) in [5, 5.41) is 14.1. The van der Waals surface area contributed by atoms with E-state index in [4.69, 9.17) is 5.26 Å². The van der Waals surface area contributed by atoms with Gasteiger partial charge >= 0.3 is 0 Å². The van der Waals surface area contributed by atoms with E-state index < -0.39 is 0 Å². The molecule has 0 saturated heterocycles. The van der Waals surface area contributed by atoms with Crippen molar-refractivity contribution in [2.24, 2.45) is 0 Å². The fraction of sp³-hybridized carbons (Fsp3) is 0.276. The Bertz CT molecular complexity index is 1290. The predicted molar refractivity (Wildman–Crippen MR) is 135 cm³/mol. The molecule has 34 heavy (non-hydrogen) atoms. The second-order valence-corrected chi connectivity index (χ2v) is 8.76. The zero-order valence-electron chi connectivity index (χ0n) is 19.5. The van der Waals surface area contributed by atoms with Crippen LogP contribution in [0, 0.1) is 11.3 Å². The maximum Gasteiger partial charge on any atom is 0.243 e. The molecule has 1 aliphatic heterocycles. The number of nitrogens with zero attached hydrogens (tertiary/aromatic N) is 2. The van der Waals surface area contributed by atoms with Crippen molar-refractivity contribution in [3.63, 3.8) is 0 Å². The molecule has 1 N–H and O–H groups in total. The fourth-order valence-corrected chi connectivity index (χ4v) is 4.55. The SMILES string of the molecule is CC(=O)c1ccc2ccccc2c1/C=C/C(=O)NCCCCN1CCc2ccc(C#N)cc2C1. The number of amides is 1. The average Bonchev–Trinajstić information content (AvgIpc) is 2.86. The van der Waals surface area contributed by atoms with Crippen LogP contribution in [0.25, 0.3) is 16.8 Å². The summed E-state index contributed by atoms with van der Waals surface area (Å²) in [4.78, 5) is 26.9. The van der Waals surface area contributed by atoms with Gasteiger partial charge in [-0.25, -0.2) is 0 Å². The lowest BCUT2D eigenvalue weighted by Crippen LogP contribution is -2.32. The van der Waals surface area contributed by atoms with E-state index >= 15 is 0 Å². The first kappa shape index (κ1) is 23.4. The Morgan fingerprint density at radius 2 is 1.94 bits per heavy atom. The Hall–Kier alpha value is -3.75. The standard InChI is InChI=1S/C29H29N3O2/c1-21(33)26-11-10-24-6-2-3-7-27(24)28(26)12-13-29(34)31-15-4-5-16-32-17-14-23-9-8-22(19-30)18-25(23)20-32/h2-3,6-13,18H,4-5,14-17,20H2,1H3,(H,31,34)/b13-12+. The Morgan fingerprint density at radius 3 is 2.76 bits per heavy atom. The third-order valence-corrected chi connectivity index (χ3v) is 6.38. The molecule has 1 amide bonds. The van der Waals surface area contributed by atoms with E-state index in [1.165, 1.54) is 17.2 Å². The van der Waals surface area contributed by atoms with Crippen molar-refractivity contribution in [2.75, 3.05) is 19.6 Å². The van der Waals surface area contributed by atoms with E-state index in [1.54, 1.807) is 13.0 Å². The molecule has 0 aliphatic carbocycles. The minimum absolute atomic E-state index is 0.0185. The number of benzene rings is 3. The number of nitrogens with one attached hydrogen (secondary N) is 1. The molecule has 0 saturated carbocycles. The molecule has 0 fully saturated rings. The van der Waals surface area contributed by atoms with Gasteiger partial charge in [-0.2, -0.15) is 5.26 Å². The van der Waals surface area contributed by atoms with Crippen LogP contribution >= 0.6 is 0 Å². The highest BCUT2D eigenvalue weighted by Gasteiger charge is 2.16. The summed E-state index contributed by atoms with van der Waals surface area (Å²) in [7, 11) is 0. The van der Waals surface area contributed by atoms with E-state index in [0.29, 0.717) is 12.1 Å². The zero-order valence-corrected chi connectivity index (χ0v) is 19.5. The second-order valence-electron chi connectivity index (χ2n) is 8.76. The van der Waals surface area contributed by atoms with Crippen molar-refractivity contribution >= 4 is 28.5 Å². The van der Waals surface area contributed by atoms with E-state index in [0.717, 1.165) is 60.8 Å². The number of nitriles is 1. The molecule has 0 radical (unpaired) electrons. The van der Waals surface area contributed by atoms with Crippen LogP contribution in [0.5, 0.6) is 0 Å². The number of ketones is 1. The van der Waals surface area contributed by atoms with Crippen molar-refractivity contribution in [3.8, 4) is 6.07 Å². The maximum atomic E-state index is 12.4. The van der Waals surface area contributed by atoms with Crippen molar-refractivity contribution in [3.05, 3.63) is 88.5 Å². The molecular formula is C29H29N3O2. The molecule has 3 aromatic carbocycles. The van der Waals surface area contributed by atoms with Gasteiger partial charge in [-0.15, -0.1) is 0 Å². The Labute approximate surface area is 200 Å². The monoisotopic (exact) mass is 451 g/mol. The number of carbonyl (C=O) groups excluding carboxylic acids is 2. The van der Waals surface area contributed by atoms with E-state index in [-0.39, 0.29) is 11.7 Å². The number of Topliss-reactive ketones (excluding diaryl/α,β-unsaturated/α-hetero) is 1. The zero-order chi connectivity index (χ0) is 23.9. The van der Waals surface area contributed by atoms with Gasteiger partial charge in [-0.05, 0) is 78.4 Å². The minimum atomic E-state index is -0.154. The molecule has 0 unspecified atom stereocenters. The third kappa shape index (κ3) is 5.59. The molecule has 5 heteroatoms. The molecule has 1 heterocycles. The minimum Gasteiger partial charge on any atom is -0.353 e. The van der Waals surface area contributed by atoms with Crippen LogP contribution in [0.4, 0.5) is 0 Å². The predicted octanol–water partition coefficient (Wildman–Crippen LogP) is 4.88. The molecule has 172 valence electrons. The van der Waals surface area contributed by atoms with Crippen LogP contribution < -0.4 is 5.32 Å². The number of rotatable bonds is 8. The lowest BCUT2D eigenvalue weighted by Gasteiger charge is -2.28. The van der Waals surface area contributed by atoms with Crippen LogP contribution in [0.15, 0.2) is 60.7 Å². The van der Waals surface area contributed by atoms with Crippen molar-refractivity contribution in [1.29, 1.82) is 5.26 Å². The summed E-state index contributed by atoms with van der Waals surface area (Å²) in [6, 6.07) is 19.8. The van der Waals surface area contributed by atoms with Crippen molar-refractivity contribution < 1.29 is 9.59 Å². The van der Waals surface area contributed by atoms with Crippen LogP contribution in [0.1, 0.15) is 52.4 Å². The number of unbranched alkanes of at least 4 members (excludes halogenated alkanes) is 1. The van der Waals surface area contributed by atoms with Crippen LogP contribution in [0.3, 0.4) is 0 Å². The molecule has 0 bridgehead atoms. The summed E-state index contributed by atoms with van der Waals surface area (Å²) < 4.78 is 0. The first-order valence-corrected chi connectivity index (χ1v) is 11.8. The summed E-state index contributed by atoms with van der Waals surface area (Å²) in [5.41, 5.74) is 4.71. The first-order valence-electron chi connectivity index (χ1n) is 11.8. The molecule has 1 aliphatic rings. The van der Waals surface area contributed by atoms with E-state index in [1.807, 2.05) is 48.5 Å². The number of hydrogen-bond acceptors (Lipinski definition) is 4. The van der Waals surface area contributed by atoms with Gasteiger partial charge in [0.15, 0.2) is 5.78 Å². The molecule has 0 atom stereocenters. The summed E-state index contributed by atoms with van der Waals surface area (Å²) >= 11 is 0. The largest absolute Gasteiger partial charge is 0.353 e. The third-order valence-electron chi connectivity index (χ3n) is 6.38. The van der Waals surface area contributed by atoms with Gasteiger partial charge < -0.3 is 5.32 Å². The number of hydrogen-bond donors (Lipinski definition) is 1. The van der Waals surface area contributed by atoms with Crippen LogP contribution in [-0.4, -0.2) is 36.2 Å². The molecule has 5 nitrogen and oxygen atoms in total. The first-order chi connectivity index (χ1) is 16.5. The highest BCUT2D eigenvalue weighted by Crippen LogP contribution is 2.24. The summed E-state index contributed by atoms with van der Waals surface area (Å²) in [5.74, 6) is -0.173. The molecule has 4 rings (SSSR count). The van der Waals surface area contributed by atoms with Gasteiger partial charge in [0.05, 0.1) is 11.6 Å². The smallest absolute Gasteiger partial charge is 0.243 e. The Balaban J connectivity index is 1.26. The molecular weight excluding hydrogens is 422 g/mol. The van der Waals surface area contributed by atoms with E-state index in [2.05, 4.69) is 22.4 Å². The Morgan fingerprint density at radius 1 is 1.09 bits per heavy atom. The van der Waals surface area contributed by atoms with Gasteiger partial charge in [0, 0.05) is 31.3 Å². The van der Waals surface area contributed by atoms with Gasteiger partial charge in [-0.3, -0.25) is 14.5 Å². The van der Waals surface area contributed by atoms with Gasteiger partial charge in [0.2, 0.25) is 5.91 Å². The maximum absolute atomic E-state index is 12.4. The van der Waals surface area contributed by atoms with E-state index in [9.17, 15) is 9.59 Å². The van der Waals surface area contributed by atoms with Crippen molar-refractivity contribution in [2.45, 2.75) is 32.7 Å². The summed E-state index contributed by atoms with van der Waals surface area (Å²) in [6.45, 7) is 5.03. The summed E-state index contributed by atoms with van der Waals surface area (Å²) in [6.07, 6.45) is 6.17. The van der Waals surface area contributed by atoms with Crippen LogP contribution in [-0.2, 0) is 17.8 Å². The van der Waals surface area contributed by atoms with Gasteiger partial charge in [-0.1, -0.05) is 42.5 Å².